The minimum Gasteiger partial charge on any atom is -0.197 e. The van der Waals surface area contributed by atoms with Gasteiger partial charge in [0.05, 0.1) is 11.3 Å². The largest absolute Gasteiger partial charge is 0.197 e. The summed E-state index contributed by atoms with van der Waals surface area (Å²) in [6.07, 6.45) is 1.16. The molecule has 0 saturated heterocycles. The van der Waals surface area contributed by atoms with E-state index in [9.17, 15) is 0 Å². The summed E-state index contributed by atoms with van der Waals surface area (Å²) in [6, 6.07) is 2.16. The molecule has 0 amide bonds. The van der Waals surface area contributed by atoms with Crippen LogP contribution in [0.3, 0.4) is 0 Å². The van der Waals surface area contributed by atoms with Crippen molar-refractivity contribution in [3.63, 3.8) is 0 Å². The quantitative estimate of drug-likeness (QED) is 0.582. The molecule has 0 aliphatic heterocycles. The molecule has 0 saturated carbocycles. The van der Waals surface area contributed by atoms with Gasteiger partial charge in [0.1, 0.15) is 0 Å². The van der Waals surface area contributed by atoms with Crippen LogP contribution in [0.4, 0.5) is 0 Å². The number of hydrogen-bond acceptors (Lipinski definition) is 2. The van der Waals surface area contributed by atoms with Crippen LogP contribution in [0.2, 0.25) is 0 Å². The predicted octanol–water partition coefficient (Wildman–Crippen LogP) is 2.04. The summed E-state index contributed by atoms with van der Waals surface area (Å²) >= 11 is 1.72. The molecule has 0 radical (unpaired) electrons. The Hall–Kier alpha value is -0.160. The fraction of sp³-hybridized carbons (Fsp3) is 0.833. The molecule has 1 unspecified atom stereocenters. The maximum atomic E-state index is 8.29. The molecule has 0 aliphatic rings. The van der Waals surface area contributed by atoms with Gasteiger partial charge in [0.15, 0.2) is 0 Å². The third-order valence-corrected chi connectivity index (χ3v) is 2.00. The zero-order chi connectivity index (χ0) is 6.41. The highest BCUT2D eigenvalue weighted by atomic mass is 32.2. The highest BCUT2D eigenvalue weighted by Crippen LogP contribution is 2.08. The molecule has 46 valence electrons. The van der Waals surface area contributed by atoms with Gasteiger partial charge in [0.2, 0.25) is 0 Å². The average Bonchev–Trinajstić information content (AvgIpc) is 1.83. The van der Waals surface area contributed by atoms with Crippen LogP contribution in [0.15, 0.2) is 0 Å². The van der Waals surface area contributed by atoms with Gasteiger partial charge in [-0.25, -0.2) is 0 Å². The van der Waals surface area contributed by atoms with Crippen LogP contribution in [-0.2, 0) is 0 Å². The van der Waals surface area contributed by atoms with Crippen molar-refractivity contribution in [3.05, 3.63) is 0 Å². The molecule has 0 spiro atoms. The Balaban J connectivity index is 3.02. The molecule has 8 heavy (non-hydrogen) atoms. The van der Waals surface area contributed by atoms with Crippen LogP contribution in [-0.4, -0.2) is 11.0 Å². The minimum atomic E-state index is 0.176. The Morgan fingerprint density at radius 2 is 2.38 bits per heavy atom. The fourth-order valence-electron chi connectivity index (χ4n) is 0.332. The second kappa shape index (κ2) is 4.99. The van der Waals surface area contributed by atoms with Crippen molar-refractivity contribution in [2.45, 2.75) is 25.5 Å². The van der Waals surface area contributed by atoms with E-state index >= 15 is 0 Å². The summed E-state index contributed by atoms with van der Waals surface area (Å²) in [6.45, 7) is 4.05. The second-order valence-electron chi connectivity index (χ2n) is 1.64. The predicted molar refractivity (Wildman–Crippen MR) is 37.8 cm³/mol. The van der Waals surface area contributed by atoms with E-state index in [-0.39, 0.29) is 5.25 Å². The second-order valence-corrected chi connectivity index (χ2v) is 3.09. The summed E-state index contributed by atoms with van der Waals surface area (Å²) in [5, 5.41) is 8.47. The van der Waals surface area contributed by atoms with Gasteiger partial charge in [-0.05, 0) is 19.1 Å². The molecule has 0 aromatic heterocycles. The van der Waals surface area contributed by atoms with Gasteiger partial charge < -0.3 is 0 Å². The Bertz CT molecular complexity index is 85.0. The van der Waals surface area contributed by atoms with E-state index in [4.69, 9.17) is 5.26 Å². The Morgan fingerprint density at radius 3 is 2.75 bits per heavy atom. The standard InChI is InChI=1S/C6H11NS/c1-3-4-8-6(2)5-7/h6H,3-4H2,1-2H3. The van der Waals surface area contributed by atoms with Crippen LogP contribution in [0.5, 0.6) is 0 Å². The summed E-state index contributed by atoms with van der Waals surface area (Å²) in [7, 11) is 0. The SMILES string of the molecule is CCCSC(C)C#N. The lowest BCUT2D eigenvalue weighted by molar-refractivity contribution is 1.10. The van der Waals surface area contributed by atoms with Gasteiger partial charge in [0.25, 0.3) is 0 Å². The van der Waals surface area contributed by atoms with E-state index in [0.29, 0.717) is 0 Å². The first-order chi connectivity index (χ1) is 3.81. The van der Waals surface area contributed by atoms with E-state index in [1.54, 1.807) is 11.8 Å². The smallest absolute Gasteiger partial charge is 0.0888 e. The van der Waals surface area contributed by atoms with Crippen molar-refractivity contribution >= 4 is 11.8 Å². The number of hydrogen-bond donors (Lipinski definition) is 0. The first kappa shape index (κ1) is 7.84. The summed E-state index contributed by atoms with van der Waals surface area (Å²) in [5.74, 6) is 1.11. The van der Waals surface area contributed by atoms with Crippen molar-refractivity contribution in [2.75, 3.05) is 5.75 Å². The van der Waals surface area contributed by atoms with Crippen LogP contribution in [0.1, 0.15) is 20.3 Å². The van der Waals surface area contributed by atoms with Gasteiger partial charge in [-0.2, -0.15) is 5.26 Å². The van der Waals surface area contributed by atoms with E-state index in [1.807, 2.05) is 6.92 Å². The molecule has 0 aromatic carbocycles. The molecule has 1 atom stereocenters. The highest BCUT2D eigenvalue weighted by molar-refractivity contribution is 8.00. The Labute approximate surface area is 55.1 Å². The third-order valence-electron chi connectivity index (χ3n) is 0.754. The van der Waals surface area contributed by atoms with Gasteiger partial charge in [-0.15, -0.1) is 11.8 Å². The highest BCUT2D eigenvalue weighted by Gasteiger charge is 1.95. The zero-order valence-corrected chi connectivity index (χ0v) is 6.16. The van der Waals surface area contributed by atoms with Crippen molar-refractivity contribution in [3.8, 4) is 6.07 Å². The molecule has 1 nitrogen and oxygen atoms in total. The third kappa shape index (κ3) is 4.01. The molecule has 0 N–H and O–H groups in total. The van der Waals surface area contributed by atoms with E-state index in [1.165, 1.54) is 0 Å². The molecule has 0 aliphatic carbocycles. The molecular formula is C6H11NS. The van der Waals surface area contributed by atoms with E-state index in [2.05, 4.69) is 13.0 Å². The minimum absolute atomic E-state index is 0.176. The lowest BCUT2D eigenvalue weighted by Crippen LogP contribution is -1.90. The lowest BCUT2D eigenvalue weighted by atomic mass is 10.5. The Morgan fingerprint density at radius 1 is 1.75 bits per heavy atom. The van der Waals surface area contributed by atoms with Gasteiger partial charge in [0, 0.05) is 0 Å². The molecule has 0 bridgehead atoms. The van der Waals surface area contributed by atoms with Crippen LogP contribution in [0.25, 0.3) is 0 Å². The molecule has 0 rings (SSSR count). The topological polar surface area (TPSA) is 23.8 Å². The maximum Gasteiger partial charge on any atom is 0.0888 e. The van der Waals surface area contributed by atoms with Gasteiger partial charge in [-0.1, -0.05) is 6.92 Å². The first-order valence-electron chi connectivity index (χ1n) is 2.82. The van der Waals surface area contributed by atoms with Crippen LogP contribution in [0, 0.1) is 11.3 Å². The molecule has 0 heterocycles. The number of nitrogens with zero attached hydrogens (tertiary/aromatic N) is 1. The molecule has 0 aromatic rings. The van der Waals surface area contributed by atoms with Crippen molar-refractivity contribution in [1.82, 2.24) is 0 Å². The van der Waals surface area contributed by atoms with Gasteiger partial charge >= 0.3 is 0 Å². The first-order valence-corrected chi connectivity index (χ1v) is 3.87. The monoisotopic (exact) mass is 129 g/mol. The molecule has 2 heteroatoms. The fourth-order valence-corrected chi connectivity index (χ4v) is 0.996. The van der Waals surface area contributed by atoms with Gasteiger partial charge in [-0.3, -0.25) is 0 Å². The van der Waals surface area contributed by atoms with Crippen molar-refractivity contribution in [1.29, 1.82) is 5.26 Å². The summed E-state index contributed by atoms with van der Waals surface area (Å²) < 4.78 is 0. The summed E-state index contributed by atoms with van der Waals surface area (Å²) in [4.78, 5) is 0. The zero-order valence-electron chi connectivity index (χ0n) is 5.35. The molecular weight excluding hydrogens is 118 g/mol. The normalized spacial score (nSPS) is 12.6. The molecule has 0 fully saturated rings. The average molecular weight is 129 g/mol. The number of thioether (sulfide) groups is 1. The maximum absolute atomic E-state index is 8.29. The number of nitriles is 1. The van der Waals surface area contributed by atoms with Crippen LogP contribution < -0.4 is 0 Å². The van der Waals surface area contributed by atoms with Crippen molar-refractivity contribution < 1.29 is 0 Å². The lowest BCUT2D eigenvalue weighted by Gasteiger charge is -1.96. The number of rotatable bonds is 3. The Kier molecular flexibility index (Phi) is 4.89. The van der Waals surface area contributed by atoms with Crippen LogP contribution >= 0.6 is 11.8 Å². The van der Waals surface area contributed by atoms with Crippen molar-refractivity contribution in [2.24, 2.45) is 0 Å². The van der Waals surface area contributed by atoms with E-state index < -0.39 is 0 Å². The summed E-state index contributed by atoms with van der Waals surface area (Å²) in [5.41, 5.74) is 0. The van der Waals surface area contributed by atoms with E-state index in [0.717, 1.165) is 12.2 Å².